The molecule has 0 saturated carbocycles. The molecule has 0 aliphatic heterocycles. The van der Waals surface area contributed by atoms with Gasteiger partial charge in [-0.15, -0.1) is 0 Å². The van der Waals surface area contributed by atoms with Gasteiger partial charge in [-0.2, -0.15) is 0 Å². The topological polar surface area (TPSA) is 55.6 Å². The molecule has 0 aromatic rings. The molecule has 0 spiro atoms. The molecule has 18 heavy (non-hydrogen) atoms. The molecular formula is C13H26N2O2S. The fourth-order valence-corrected chi connectivity index (χ4v) is 2.04. The minimum absolute atomic E-state index is 0.143. The predicted molar refractivity (Wildman–Crippen MR) is 78.6 cm³/mol. The third-order valence-corrected chi connectivity index (χ3v) is 3.00. The Morgan fingerprint density at radius 2 is 2.00 bits per heavy atom. The first-order valence-corrected chi connectivity index (χ1v) is 7.05. The lowest BCUT2D eigenvalue weighted by Crippen LogP contribution is -2.47. The van der Waals surface area contributed by atoms with Crippen LogP contribution >= 0.6 is 12.2 Å². The van der Waals surface area contributed by atoms with Crippen molar-refractivity contribution in [1.82, 2.24) is 4.90 Å². The van der Waals surface area contributed by atoms with Crippen LogP contribution in [0.2, 0.25) is 0 Å². The minimum Gasteiger partial charge on any atom is -0.465 e. The summed E-state index contributed by atoms with van der Waals surface area (Å²) < 4.78 is 5.15. The zero-order valence-corrected chi connectivity index (χ0v) is 12.8. The molecule has 0 aliphatic carbocycles. The Morgan fingerprint density at radius 3 is 2.39 bits per heavy atom. The Labute approximate surface area is 116 Å². The number of thiocarbonyl (C=S) groups is 1. The fraction of sp³-hybridized carbons (Fsp3) is 0.846. The molecule has 1 atom stereocenters. The van der Waals surface area contributed by atoms with Crippen LogP contribution in [0.3, 0.4) is 0 Å². The van der Waals surface area contributed by atoms with Crippen LogP contribution < -0.4 is 5.73 Å². The summed E-state index contributed by atoms with van der Waals surface area (Å²) in [5, 5.41) is 0. The van der Waals surface area contributed by atoms with Crippen molar-refractivity contribution >= 4 is 23.2 Å². The summed E-state index contributed by atoms with van der Waals surface area (Å²) in [6.07, 6.45) is 2.38. The number of esters is 1. The lowest BCUT2D eigenvalue weighted by molar-refractivity contribution is -0.150. The number of hydrogen-bond acceptors (Lipinski definition) is 4. The molecule has 2 N–H and O–H groups in total. The lowest BCUT2D eigenvalue weighted by atomic mass is 10.1. The van der Waals surface area contributed by atoms with Gasteiger partial charge in [0.05, 0.1) is 11.6 Å². The molecule has 0 heterocycles. The summed E-state index contributed by atoms with van der Waals surface area (Å²) in [6, 6.07) is 0.0737. The van der Waals surface area contributed by atoms with Gasteiger partial charge in [0.15, 0.2) is 0 Å². The van der Waals surface area contributed by atoms with Crippen molar-refractivity contribution in [2.75, 3.05) is 13.2 Å². The molecule has 0 amide bonds. The average Bonchev–Trinajstić information content (AvgIpc) is 2.27. The van der Waals surface area contributed by atoms with Crippen molar-refractivity contribution < 1.29 is 9.53 Å². The Hall–Kier alpha value is -0.680. The molecule has 5 heteroatoms. The van der Waals surface area contributed by atoms with Gasteiger partial charge in [0.2, 0.25) is 0 Å². The van der Waals surface area contributed by atoms with Gasteiger partial charge in [0, 0.05) is 19.0 Å². The van der Waals surface area contributed by atoms with Gasteiger partial charge < -0.3 is 10.5 Å². The highest BCUT2D eigenvalue weighted by atomic mass is 32.1. The van der Waals surface area contributed by atoms with Crippen molar-refractivity contribution in [1.29, 1.82) is 0 Å². The Morgan fingerprint density at radius 1 is 1.39 bits per heavy atom. The van der Waals surface area contributed by atoms with Crippen molar-refractivity contribution in [3.05, 3.63) is 0 Å². The summed E-state index contributed by atoms with van der Waals surface area (Å²) in [5.74, 6) is -0.143. The maximum atomic E-state index is 12.0. The van der Waals surface area contributed by atoms with E-state index in [4.69, 9.17) is 22.7 Å². The number of nitrogens with zero attached hydrogens (tertiary/aromatic N) is 1. The van der Waals surface area contributed by atoms with Crippen molar-refractivity contribution in [2.24, 2.45) is 5.73 Å². The summed E-state index contributed by atoms with van der Waals surface area (Å²) in [6.45, 7) is 9.16. The summed E-state index contributed by atoms with van der Waals surface area (Å²) in [5.41, 5.74) is 5.54. The van der Waals surface area contributed by atoms with E-state index in [1.165, 1.54) is 0 Å². The summed E-state index contributed by atoms with van der Waals surface area (Å²) >= 11 is 4.90. The highest BCUT2D eigenvalue weighted by Gasteiger charge is 2.28. The molecule has 0 bridgehead atoms. The van der Waals surface area contributed by atoms with Gasteiger partial charge in [0.1, 0.15) is 6.04 Å². The summed E-state index contributed by atoms with van der Waals surface area (Å²) in [7, 11) is 0. The molecule has 0 aliphatic rings. The maximum Gasteiger partial charge on any atom is 0.323 e. The largest absolute Gasteiger partial charge is 0.465 e. The van der Waals surface area contributed by atoms with E-state index in [-0.39, 0.29) is 18.1 Å². The lowest BCUT2D eigenvalue weighted by Gasteiger charge is -2.33. The molecule has 106 valence electrons. The average molecular weight is 274 g/mol. The van der Waals surface area contributed by atoms with Crippen LogP contribution in [0.25, 0.3) is 0 Å². The maximum absolute atomic E-state index is 12.0. The van der Waals surface area contributed by atoms with E-state index in [0.29, 0.717) is 24.6 Å². The van der Waals surface area contributed by atoms with E-state index >= 15 is 0 Å². The molecule has 0 rings (SSSR count). The van der Waals surface area contributed by atoms with E-state index in [0.717, 1.165) is 12.8 Å². The molecule has 0 fully saturated rings. The third-order valence-electron chi connectivity index (χ3n) is 2.80. The number of rotatable bonds is 9. The number of hydrogen-bond donors (Lipinski definition) is 1. The smallest absolute Gasteiger partial charge is 0.323 e. The van der Waals surface area contributed by atoms with Crippen LogP contribution in [0.1, 0.15) is 47.0 Å². The minimum atomic E-state index is -0.190. The van der Waals surface area contributed by atoms with Gasteiger partial charge in [-0.3, -0.25) is 9.69 Å². The third kappa shape index (κ3) is 6.31. The second kappa shape index (κ2) is 9.28. The van der Waals surface area contributed by atoms with E-state index < -0.39 is 0 Å². The zero-order valence-electron chi connectivity index (χ0n) is 11.9. The predicted octanol–water partition coefficient (Wildman–Crippen LogP) is 2.10. The zero-order chi connectivity index (χ0) is 14.1. The van der Waals surface area contributed by atoms with E-state index in [9.17, 15) is 4.79 Å². The highest BCUT2D eigenvalue weighted by Crippen LogP contribution is 2.14. The SMILES string of the molecule is CCCC(C(=O)OCC)N(CCC(N)=S)C(C)C. The molecule has 4 nitrogen and oxygen atoms in total. The Balaban J connectivity index is 4.74. The van der Waals surface area contributed by atoms with Gasteiger partial charge in [-0.05, 0) is 27.2 Å². The van der Waals surface area contributed by atoms with Crippen molar-refractivity contribution in [3.8, 4) is 0 Å². The molecule has 0 aromatic heterocycles. The monoisotopic (exact) mass is 274 g/mol. The first kappa shape index (κ1) is 17.3. The van der Waals surface area contributed by atoms with Crippen LogP contribution in [0, 0.1) is 0 Å². The Kier molecular flexibility index (Phi) is 8.93. The van der Waals surface area contributed by atoms with Crippen LogP contribution in [0.5, 0.6) is 0 Å². The second-order valence-corrected chi connectivity index (χ2v) is 5.13. The Bertz CT molecular complexity index is 270. The summed E-state index contributed by atoms with van der Waals surface area (Å²) in [4.78, 5) is 14.6. The quantitative estimate of drug-likeness (QED) is 0.515. The van der Waals surface area contributed by atoms with E-state index in [2.05, 4.69) is 25.7 Å². The standard InChI is InChI=1S/C13H26N2O2S/c1-5-7-11(13(16)17-6-2)15(10(3)4)9-8-12(14)18/h10-11H,5-9H2,1-4H3,(H2,14,18). The molecule has 0 radical (unpaired) electrons. The molecule has 0 saturated heterocycles. The van der Waals surface area contributed by atoms with Gasteiger partial charge in [-0.1, -0.05) is 25.6 Å². The van der Waals surface area contributed by atoms with Crippen LogP contribution in [0.15, 0.2) is 0 Å². The van der Waals surface area contributed by atoms with E-state index in [1.807, 2.05) is 6.92 Å². The van der Waals surface area contributed by atoms with Gasteiger partial charge in [-0.25, -0.2) is 0 Å². The fourth-order valence-electron chi connectivity index (χ4n) is 1.94. The number of ether oxygens (including phenoxy) is 1. The number of carbonyl (C=O) groups excluding carboxylic acids is 1. The van der Waals surface area contributed by atoms with Crippen LogP contribution in [-0.4, -0.2) is 41.1 Å². The van der Waals surface area contributed by atoms with Crippen molar-refractivity contribution in [2.45, 2.75) is 59.0 Å². The second-order valence-electron chi connectivity index (χ2n) is 4.60. The highest BCUT2D eigenvalue weighted by molar-refractivity contribution is 7.80. The normalized spacial score (nSPS) is 12.8. The van der Waals surface area contributed by atoms with Crippen LogP contribution in [-0.2, 0) is 9.53 Å². The molecule has 0 aromatic carbocycles. The first-order chi connectivity index (χ1) is 8.43. The van der Waals surface area contributed by atoms with Gasteiger partial charge >= 0.3 is 5.97 Å². The number of carbonyl (C=O) groups is 1. The first-order valence-electron chi connectivity index (χ1n) is 6.64. The van der Waals surface area contributed by atoms with Crippen LogP contribution in [0.4, 0.5) is 0 Å². The van der Waals surface area contributed by atoms with Gasteiger partial charge in [0.25, 0.3) is 0 Å². The number of nitrogens with two attached hydrogens (primary N) is 1. The van der Waals surface area contributed by atoms with E-state index in [1.54, 1.807) is 0 Å². The molecular weight excluding hydrogens is 248 g/mol. The molecule has 1 unspecified atom stereocenters. The van der Waals surface area contributed by atoms with Crippen molar-refractivity contribution in [3.63, 3.8) is 0 Å².